The molecule has 0 spiro atoms. The molecule has 0 unspecified atom stereocenters. The van der Waals surface area contributed by atoms with Crippen LogP contribution < -0.4 is 15.4 Å². The summed E-state index contributed by atoms with van der Waals surface area (Å²) >= 11 is 5.82. The molecule has 1 saturated heterocycles. The van der Waals surface area contributed by atoms with E-state index >= 15 is 0 Å². The Balaban J connectivity index is 1.52. The Morgan fingerprint density at radius 1 is 1.04 bits per heavy atom. The van der Waals surface area contributed by atoms with Crippen molar-refractivity contribution in [1.29, 1.82) is 0 Å². The number of benzene rings is 2. The maximum atomic E-state index is 12.0. The maximum Gasteiger partial charge on any atom is 0.322 e. The lowest BCUT2D eigenvalue weighted by molar-refractivity contribution is -0.133. The Hall–Kier alpha value is -2.86. The number of imide groups is 1. The standard InChI is InChI=1S/C20H19ClN2O4/c1-20(18(25)22-19(26)23-20)11-10-13-4-8-16(9-5-13)27-17(24)12-14-2-6-15(21)7-3-14/h2-9H,10-12H2,1H3,(H2,22,23,25,26)/t20-/m1/s1. The fourth-order valence-electron chi connectivity index (χ4n) is 2.81. The van der Waals surface area contributed by atoms with Gasteiger partial charge in [0.1, 0.15) is 11.3 Å². The molecule has 0 radical (unpaired) electrons. The first kappa shape index (κ1) is 18.9. The third kappa shape index (κ3) is 4.86. The van der Waals surface area contributed by atoms with E-state index in [4.69, 9.17) is 16.3 Å². The van der Waals surface area contributed by atoms with Gasteiger partial charge in [-0.2, -0.15) is 0 Å². The molecule has 140 valence electrons. The summed E-state index contributed by atoms with van der Waals surface area (Å²) in [5.41, 5.74) is 0.898. The summed E-state index contributed by atoms with van der Waals surface area (Å²) in [4.78, 5) is 35.1. The van der Waals surface area contributed by atoms with Gasteiger partial charge in [-0.1, -0.05) is 35.9 Å². The van der Waals surface area contributed by atoms with Crippen molar-refractivity contribution in [3.8, 4) is 5.75 Å². The van der Waals surface area contributed by atoms with Gasteiger partial charge < -0.3 is 10.1 Å². The van der Waals surface area contributed by atoms with Crippen LogP contribution in [0.1, 0.15) is 24.5 Å². The number of rotatable bonds is 6. The molecule has 0 aromatic heterocycles. The summed E-state index contributed by atoms with van der Waals surface area (Å²) in [7, 11) is 0. The van der Waals surface area contributed by atoms with Crippen LogP contribution in [0.15, 0.2) is 48.5 Å². The van der Waals surface area contributed by atoms with Gasteiger partial charge in [0.15, 0.2) is 0 Å². The Bertz CT molecular complexity index is 865. The van der Waals surface area contributed by atoms with Crippen LogP contribution in [-0.2, 0) is 22.4 Å². The third-order valence-electron chi connectivity index (χ3n) is 4.45. The molecule has 2 aromatic carbocycles. The molecular weight excluding hydrogens is 368 g/mol. The largest absolute Gasteiger partial charge is 0.426 e. The summed E-state index contributed by atoms with van der Waals surface area (Å²) in [5.74, 6) is -0.223. The minimum absolute atomic E-state index is 0.159. The Morgan fingerprint density at radius 2 is 1.67 bits per heavy atom. The minimum atomic E-state index is -0.902. The van der Waals surface area contributed by atoms with Gasteiger partial charge in [0, 0.05) is 5.02 Å². The fraction of sp³-hybridized carbons (Fsp3) is 0.250. The molecule has 0 saturated carbocycles. The van der Waals surface area contributed by atoms with E-state index in [9.17, 15) is 14.4 Å². The van der Waals surface area contributed by atoms with Crippen LogP contribution in [0.25, 0.3) is 0 Å². The lowest BCUT2D eigenvalue weighted by Gasteiger charge is -2.20. The van der Waals surface area contributed by atoms with Crippen molar-refractivity contribution in [2.45, 2.75) is 31.7 Å². The van der Waals surface area contributed by atoms with E-state index in [-0.39, 0.29) is 18.3 Å². The zero-order valence-electron chi connectivity index (χ0n) is 14.8. The molecule has 7 heteroatoms. The minimum Gasteiger partial charge on any atom is -0.426 e. The number of carbonyl (C=O) groups is 3. The summed E-state index contributed by atoms with van der Waals surface area (Å²) in [6.07, 6.45) is 1.23. The highest BCUT2D eigenvalue weighted by atomic mass is 35.5. The predicted molar refractivity (Wildman–Crippen MR) is 101 cm³/mol. The zero-order chi connectivity index (χ0) is 19.4. The van der Waals surface area contributed by atoms with E-state index in [2.05, 4.69) is 10.6 Å². The SMILES string of the molecule is C[C@]1(CCc2ccc(OC(=O)Cc3ccc(Cl)cc3)cc2)NC(=O)NC1=O. The van der Waals surface area contributed by atoms with Gasteiger partial charge in [-0.3, -0.25) is 14.9 Å². The Morgan fingerprint density at radius 3 is 2.26 bits per heavy atom. The third-order valence-corrected chi connectivity index (χ3v) is 4.70. The number of carbonyl (C=O) groups excluding carboxylic acids is 3. The van der Waals surface area contributed by atoms with E-state index in [1.54, 1.807) is 43.3 Å². The second-order valence-corrected chi connectivity index (χ2v) is 7.10. The van der Waals surface area contributed by atoms with Crippen LogP contribution in [0.5, 0.6) is 5.75 Å². The van der Waals surface area contributed by atoms with E-state index in [1.807, 2.05) is 12.1 Å². The molecule has 1 heterocycles. The van der Waals surface area contributed by atoms with Gasteiger partial charge >= 0.3 is 12.0 Å². The smallest absolute Gasteiger partial charge is 0.322 e. The highest BCUT2D eigenvalue weighted by Gasteiger charge is 2.41. The first-order valence-electron chi connectivity index (χ1n) is 8.52. The normalized spacial score (nSPS) is 18.7. The van der Waals surface area contributed by atoms with E-state index in [1.165, 1.54) is 0 Å². The van der Waals surface area contributed by atoms with Crippen LogP contribution in [0.3, 0.4) is 0 Å². The van der Waals surface area contributed by atoms with Gasteiger partial charge in [-0.25, -0.2) is 4.79 Å². The quantitative estimate of drug-likeness (QED) is 0.454. The van der Waals surface area contributed by atoms with Gasteiger partial charge in [0.25, 0.3) is 5.91 Å². The number of ether oxygens (including phenoxy) is 1. The average molecular weight is 387 g/mol. The monoisotopic (exact) mass is 386 g/mol. The number of hydrogen-bond donors (Lipinski definition) is 2. The number of nitrogens with one attached hydrogen (secondary N) is 2. The Labute approximate surface area is 161 Å². The molecule has 0 bridgehead atoms. The van der Waals surface area contributed by atoms with Crippen LogP contribution in [0.2, 0.25) is 5.02 Å². The van der Waals surface area contributed by atoms with Crippen molar-refractivity contribution in [2.75, 3.05) is 0 Å². The van der Waals surface area contributed by atoms with E-state index < -0.39 is 11.6 Å². The number of amides is 3. The lowest BCUT2D eigenvalue weighted by atomic mass is 9.93. The van der Waals surface area contributed by atoms with Crippen LogP contribution >= 0.6 is 11.6 Å². The number of esters is 1. The molecular formula is C20H19ClN2O4. The fourth-order valence-corrected chi connectivity index (χ4v) is 2.94. The molecule has 2 aromatic rings. The van der Waals surface area contributed by atoms with E-state index in [0.29, 0.717) is 23.6 Å². The number of urea groups is 1. The highest BCUT2D eigenvalue weighted by Crippen LogP contribution is 2.20. The molecule has 27 heavy (non-hydrogen) atoms. The van der Waals surface area contributed by atoms with Gasteiger partial charge in [0.2, 0.25) is 0 Å². The molecule has 3 amide bonds. The first-order valence-corrected chi connectivity index (χ1v) is 8.89. The number of aryl methyl sites for hydroxylation is 1. The van der Waals surface area contributed by atoms with Crippen molar-refractivity contribution >= 4 is 29.5 Å². The molecule has 1 aliphatic rings. The molecule has 1 atom stereocenters. The van der Waals surface area contributed by atoms with Gasteiger partial charge in [-0.15, -0.1) is 0 Å². The van der Waals surface area contributed by atoms with Crippen molar-refractivity contribution in [3.63, 3.8) is 0 Å². The lowest BCUT2D eigenvalue weighted by Crippen LogP contribution is -2.43. The molecule has 6 nitrogen and oxygen atoms in total. The van der Waals surface area contributed by atoms with Crippen molar-refractivity contribution in [1.82, 2.24) is 10.6 Å². The maximum absolute atomic E-state index is 12.0. The summed E-state index contributed by atoms with van der Waals surface area (Å²) < 4.78 is 5.34. The van der Waals surface area contributed by atoms with Crippen molar-refractivity contribution < 1.29 is 19.1 Å². The predicted octanol–water partition coefficient (Wildman–Crippen LogP) is 3.02. The van der Waals surface area contributed by atoms with Crippen LogP contribution in [0, 0.1) is 0 Å². The molecule has 2 N–H and O–H groups in total. The van der Waals surface area contributed by atoms with Gasteiger partial charge in [0.05, 0.1) is 6.42 Å². The molecule has 3 rings (SSSR count). The van der Waals surface area contributed by atoms with E-state index in [0.717, 1.165) is 11.1 Å². The average Bonchev–Trinajstić information content (AvgIpc) is 2.88. The summed E-state index contributed by atoms with van der Waals surface area (Å²) in [6, 6.07) is 13.7. The molecule has 1 aliphatic heterocycles. The van der Waals surface area contributed by atoms with Crippen molar-refractivity contribution in [2.24, 2.45) is 0 Å². The number of halogens is 1. The zero-order valence-corrected chi connectivity index (χ0v) is 15.5. The second-order valence-electron chi connectivity index (χ2n) is 6.66. The summed E-state index contributed by atoms with van der Waals surface area (Å²) in [6.45, 7) is 1.69. The second kappa shape index (κ2) is 7.80. The Kier molecular flexibility index (Phi) is 5.46. The molecule has 1 fully saturated rings. The van der Waals surface area contributed by atoms with Crippen molar-refractivity contribution in [3.05, 3.63) is 64.7 Å². The molecule has 0 aliphatic carbocycles. The van der Waals surface area contributed by atoms with Crippen LogP contribution in [-0.4, -0.2) is 23.4 Å². The topological polar surface area (TPSA) is 84.5 Å². The highest BCUT2D eigenvalue weighted by molar-refractivity contribution is 6.30. The summed E-state index contributed by atoms with van der Waals surface area (Å²) in [5, 5.41) is 5.50. The number of hydrogen-bond acceptors (Lipinski definition) is 4. The van der Waals surface area contributed by atoms with Crippen LogP contribution in [0.4, 0.5) is 4.79 Å². The van der Waals surface area contributed by atoms with Gasteiger partial charge in [-0.05, 0) is 55.2 Å². The first-order chi connectivity index (χ1) is 12.8.